The highest BCUT2D eigenvalue weighted by atomic mass is 19.4. The van der Waals surface area contributed by atoms with Crippen molar-refractivity contribution in [2.75, 3.05) is 14.2 Å². The number of halogens is 3. The number of carbonyl (C=O) groups excluding carboxylic acids is 1. The third-order valence-corrected chi connectivity index (χ3v) is 4.50. The van der Waals surface area contributed by atoms with Crippen LogP contribution in [-0.4, -0.2) is 45.1 Å². The number of amides is 1. The van der Waals surface area contributed by atoms with Crippen molar-refractivity contribution in [2.24, 2.45) is 0 Å². The van der Waals surface area contributed by atoms with Crippen LogP contribution in [0.3, 0.4) is 0 Å². The van der Waals surface area contributed by atoms with Gasteiger partial charge in [0, 0.05) is 23.4 Å². The predicted octanol–water partition coefficient (Wildman–Crippen LogP) is 2.64. The van der Waals surface area contributed by atoms with Crippen LogP contribution in [-0.2, 0) is 12.7 Å². The second kappa shape index (κ2) is 8.58. The Morgan fingerprint density at radius 3 is 2.45 bits per heavy atom. The molecule has 3 heterocycles. The first-order chi connectivity index (χ1) is 14.7. The first-order valence-electron chi connectivity index (χ1n) is 8.98. The Labute approximate surface area is 175 Å². The maximum Gasteiger partial charge on any atom is 0.434 e. The standard InChI is InChI=1S/C19H19F3N6O3/c1-10-7-23-13(11(2)16(10)31-4)9-24-18(29)12-8-25-28(17(12)19(20,21)22)14-5-6-15(30-3)27-26-14/h5-8H,9H2,1-4H3,(H,24,29). The van der Waals surface area contributed by atoms with Crippen molar-refractivity contribution in [1.29, 1.82) is 0 Å². The topological polar surface area (TPSA) is 104 Å². The lowest BCUT2D eigenvalue weighted by Gasteiger charge is -2.14. The SMILES string of the molecule is COc1ccc(-n2ncc(C(=O)NCc3ncc(C)c(OC)c3C)c2C(F)(F)F)nn1. The minimum Gasteiger partial charge on any atom is -0.496 e. The highest BCUT2D eigenvalue weighted by Gasteiger charge is 2.41. The summed E-state index contributed by atoms with van der Waals surface area (Å²) in [6.45, 7) is 3.47. The van der Waals surface area contributed by atoms with Crippen molar-refractivity contribution in [3.8, 4) is 17.4 Å². The van der Waals surface area contributed by atoms with E-state index in [-0.39, 0.29) is 18.2 Å². The molecule has 3 aromatic heterocycles. The van der Waals surface area contributed by atoms with Crippen molar-refractivity contribution < 1.29 is 27.4 Å². The summed E-state index contributed by atoms with van der Waals surface area (Å²) < 4.78 is 52.0. The van der Waals surface area contributed by atoms with Crippen molar-refractivity contribution in [1.82, 2.24) is 30.3 Å². The van der Waals surface area contributed by atoms with E-state index >= 15 is 0 Å². The van der Waals surface area contributed by atoms with Gasteiger partial charge in [0.05, 0.1) is 38.2 Å². The monoisotopic (exact) mass is 436 g/mol. The molecule has 9 nitrogen and oxygen atoms in total. The van der Waals surface area contributed by atoms with E-state index in [1.807, 2.05) is 6.92 Å². The summed E-state index contributed by atoms with van der Waals surface area (Å²) in [5.41, 5.74) is 0.0367. The number of hydrogen-bond donors (Lipinski definition) is 1. The minimum atomic E-state index is -4.87. The Morgan fingerprint density at radius 2 is 1.87 bits per heavy atom. The van der Waals surface area contributed by atoms with Gasteiger partial charge >= 0.3 is 6.18 Å². The molecule has 31 heavy (non-hydrogen) atoms. The molecule has 0 unspecified atom stereocenters. The Hall–Kier alpha value is -3.70. The van der Waals surface area contributed by atoms with Gasteiger partial charge < -0.3 is 14.8 Å². The Morgan fingerprint density at radius 1 is 1.13 bits per heavy atom. The molecule has 0 bridgehead atoms. The van der Waals surface area contributed by atoms with E-state index in [9.17, 15) is 18.0 Å². The van der Waals surface area contributed by atoms with Crippen molar-refractivity contribution in [2.45, 2.75) is 26.6 Å². The number of nitrogens with one attached hydrogen (secondary N) is 1. The maximum atomic E-state index is 13.8. The molecule has 12 heteroatoms. The lowest BCUT2D eigenvalue weighted by Crippen LogP contribution is -2.27. The van der Waals surface area contributed by atoms with Gasteiger partial charge in [0.25, 0.3) is 5.91 Å². The lowest BCUT2D eigenvalue weighted by atomic mass is 10.1. The van der Waals surface area contributed by atoms with Gasteiger partial charge in [0.2, 0.25) is 5.88 Å². The van der Waals surface area contributed by atoms with Crippen LogP contribution in [0, 0.1) is 13.8 Å². The van der Waals surface area contributed by atoms with E-state index in [1.165, 1.54) is 26.4 Å². The van der Waals surface area contributed by atoms with E-state index in [0.717, 1.165) is 11.8 Å². The van der Waals surface area contributed by atoms with Crippen LogP contribution in [0.1, 0.15) is 32.9 Å². The highest BCUT2D eigenvalue weighted by Crippen LogP contribution is 2.33. The summed E-state index contributed by atoms with van der Waals surface area (Å²) in [4.78, 5) is 16.8. The van der Waals surface area contributed by atoms with Crippen LogP contribution in [0.25, 0.3) is 5.82 Å². The zero-order chi connectivity index (χ0) is 22.8. The molecular formula is C19H19F3N6O3. The molecule has 0 aliphatic heterocycles. The van der Waals surface area contributed by atoms with Gasteiger partial charge in [-0.1, -0.05) is 0 Å². The first kappa shape index (κ1) is 22.0. The second-order valence-corrected chi connectivity index (χ2v) is 6.48. The number of hydrogen-bond acceptors (Lipinski definition) is 7. The number of aryl methyl sites for hydroxylation is 1. The fourth-order valence-electron chi connectivity index (χ4n) is 3.00. The van der Waals surface area contributed by atoms with Crippen LogP contribution < -0.4 is 14.8 Å². The smallest absolute Gasteiger partial charge is 0.434 e. The molecule has 0 aromatic carbocycles. The lowest BCUT2D eigenvalue weighted by molar-refractivity contribution is -0.143. The molecule has 0 aliphatic rings. The molecule has 3 aromatic rings. The average Bonchev–Trinajstić information content (AvgIpc) is 3.19. The van der Waals surface area contributed by atoms with E-state index in [0.29, 0.717) is 21.7 Å². The van der Waals surface area contributed by atoms with Crippen LogP contribution in [0.4, 0.5) is 13.2 Å². The fraction of sp³-hybridized carbons (Fsp3) is 0.316. The van der Waals surface area contributed by atoms with Gasteiger partial charge in [-0.2, -0.15) is 18.3 Å². The number of alkyl halides is 3. The number of ether oxygens (including phenoxy) is 2. The third kappa shape index (κ3) is 4.42. The molecule has 0 fully saturated rings. The van der Waals surface area contributed by atoms with E-state index in [2.05, 4.69) is 25.6 Å². The van der Waals surface area contributed by atoms with Gasteiger partial charge in [-0.3, -0.25) is 9.78 Å². The average molecular weight is 436 g/mol. The zero-order valence-corrected chi connectivity index (χ0v) is 17.1. The maximum absolute atomic E-state index is 13.8. The van der Waals surface area contributed by atoms with Crippen molar-refractivity contribution >= 4 is 5.91 Å². The summed E-state index contributed by atoms with van der Waals surface area (Å²) in [5.74, 6) is -0.450. The van der Waals surface area contributed by atoms with Crippen molar-refractivity contribution in [3.63, 3.8) is 0 Å². The summed E-state index contributed by atoms with van der Waals surface area (Å²) in [5, 5.41) is 13.5. The molecular weight excluding hydrogens is 417 g/mol. The Balaban J connectivity index is 1.90. The zero-order valence-electron chi connectivity index (χ0n) is 17.1. The number of rotatable bonds is 6. The normalized spacial score (nSPS) is 11.3. The summed E-state index contributed by atoms with van der Waals surface area (Å²) in [6, 6.07) is 2.59. The fourth-order valence-corrected chi connectivity index (χ4v) is 3.00. The van der Waals surface area contributed by atoms with Gasteiger partial charge in [0.15, 0.2) is 11.5 Å². The molecule has 0 aliphatic carbocycles. The molecule has 0 spiro atoms. The quantitative estimate of drug-likeness (QED) is 0.634. The molecule has 1 amide bonds. The summed E-state index contributed by atoms with van der Waals surface area (Å²) in [7, 11) is 2.85. The largest absolute Gasteiger partial charge is 0.496 e. The molecule has 0 radical (unpaired) electrons. The minimum absolute atomic E-state index is 0.0911. The molecule has 0 saturated heterocycles. The Bertz CT molecular complexity index is 1100. The Kier molecular flexibility index (Phi) is 6.09. The van der Waals surface area contributed by atoms with E-state index < -0.39 is 23.3 Å². The second-order valence-electron chi connectivity index (χ2n) is 6.48. The van der Waals surface area contributed by atoms with Gasteiger partial charge in [-0.05, 0) is 19.9 Å². The van der Waals surface area contributed by atoms with E-state index in [1.54, 1.807) is 13.1 Å². The predicted molar refractivity (Wildman–Crippen MR) is 102 cm³/mol. The van der Waals surface area contributed by atoms with Crippen LogP contribution in [0.15, 0.2) is 24.5 Å². The van der Waals surface area contributed by atoms with Gasteiger partial charge in [-0.25, -0.2) is 4.68 Å². The molecule has 3 rings (SSSR count). The molecule has 0 saturated carbocycles. The highest BCUT2D eigenvalue weighted by molar-refractivity contribution is 5.95. The number of aromatic nitrogens is 5. The third-order valence-electron chi connectivity index (χ3n) is 4.50. The molecule has 0 atom stereocenters. The van der Waals surface area contributed by atoms with Crippen LogP contribution in [0.2, 0.25) is 0 Å². The summed E-state index contributed by atoms with van der Waals surface area (Å²) >= 11 is 0. The van der Waals surface area contributed by atoms with Crippen LogP contribution in [0.5, 0.6) is 11.6 Å². The molecule has 164 valence electrons. The van der Waals surface area contributed by atoms with Crippen LogP contribution >= 0.6 is 0 Å². The number of nitrogens with zero attached hydrogens (tertiary/aromatic N) is 5. The molecule has 1 N–H and O–H groups in total. The van der Waals surface area contributed by atoms with Gasteiger partial charge in [-0.15, -0.1) is 10.2 Å². The number of carbonyl (C=O) groups is 1. The van der Waals surface area contributed by atoms with E-state index in [4.69, 9.17) is 9.47 Å². The summed E-state index contributed by atoms with van der Waals surface area (Å²) in [6.07, 6.45) is -2.47. The number of pyridine rings is 1. The van der Waals surface area contributed by atoms with Crippen molar-refractivity contribution in [3.05, 3.63) is 52.6 Å². The van der Waals surface area contributed by atoms with Gasteiger partial charge in [0.1, 0.15) is 5.75 Å². The number of methoxy groups -OCH3 is 2. The first-order valence-corrected chi connectivity index (χ1v) is 8.98.